The van der Waals surface area contributed by atoms with Gasteiger partial charge in [0.1, 0.15) is 5.82 Å². The number of hydrogen-bond donors (Lipinski definition) is 1. The smallest absolute Gasteiger partial charge is 0.142 e. The highest BCUT2D eigenvalue weighted by molar-refractivity contribution is 9.10. The first kappa shape index (κ1) is 14.5. The van der Waals surface area contributed by atoms with E-state index < -0.39 is 0 Å². The topological polar surface area (TPSA) is 12.0 Å². The molecule has 0 aliphatic rings. The molecule has 1 nitrogen and oxygen atoms in total. The van der Waals surface area contributed by atoms with Crippen molar-refractivity contribution < 1.29 is 4.39 Å². The second-order valence-electron chi connectivity index (χ2n) is 4.37. The van der Waals surface area contributed by atoms with Gasteiger partial charge in [0.15, 0.2) is 0 Å². The van der Waals surface area contributed by atoms with Crippen molar-refractivity contribution in [1.82, 2.24) is 5.32 Å². The Morgan fingerprint density at radius 3 is 2.58 bits per heavy atom. The van der Waals surface area contributed by atoms with Crippen LogP contribution in [0.25, 0.3) is 0 Å². The second-order valence-corrected chi connectivity index (χ2v) is 5.66. The summed E-state index contributed by atoms with van der Waals surface area (Å²) in [5, 5.41) is 3.85. The van der Waals surface area contributed by atoms with Gasteiger partial charge in [-0.25, -0.2) is 4.39 Å². The van der Waals surface area contributed by atoms with E-state index in [4.69, 9.17) is 11.6 Å². The van der Waals surface area contributed by atoms with Crippen LogP contribution in [-0.2, 0) is 0 Å². The Kier molecular flexibility index (Phi) is 4.61. The quantitative estimate of drug-likeness (QED) is 0.840. The number of hydrogen-bond acceptors (Lipinski definition) is 1. The molecule has 0 spiro atoms. The van der Waals surface area contributed by atoms with Gasteiger partial charge in [0.25, 0.3) is 0 Å². The van der Waals surface area contributed by atoms with Gasteiger partial charge in [-0.1, -0.05) is 29.8 Å². The average molecular weight is 343 g/mol. The Morgan fingerprint density at radius 2 is 1.95 bits per heavy atom. The first-order chi connectivity index (χ1) is 9.04. The molecular weight excluding hydrogens is 329 g/mol. The van der Waals surface area contributed by atoms with Gasteiger partial charge in [-0.15, -0.1) is 0 Å². The van der Waals surface area contributed by atoms with E-state index >= 15 is 0 Å². The van der Waals surface area contributed by atoms with Crippen LogP contribution < -0.4 is 5.32 Å². The molecule has 0 aliphatic carbocycles. The fourth-order valence-electron chi connectivity index (χ4n) is 2.18. The van der Waals surface area contributed by atoms with Gasteiger partial charge in [0, 0.05) is 10.6 Å². The molecule has 1 atom stereocenters. The van der Waals surface area contributed by atoms with E-state index in [0.717, 1.165) is 11.1 Å². The number of rotatable bonds is 3. The minimum absolute atomic E-state index is 0.199. The van der Waals surface area contributed by atoms with Gasteiger partial charge < -0.3 is 5.32 Å². The summed E-state index contributed by atoms with van der Waals surface area (Å²) in [7, 11) is 1.82. The largest absolute Gasteiger partial charge is 0.309 e. The van der Waals surface area contributed by atoms with E-state index in [-0.39, 0.29) is 11.9 Å². The van der Waals surface area contributed by atoms with Crippen molar-refractivity contribution in [2.45, 2.75) is 13.0 Å². The third kappa shape index (κ3) is 2.99. The Balaban J connectivity index is 2.53. The predicted octanol–water partition coefficient (Wildman–Crippen LogP) is 4.86. The maximum atomic E-state index is 14.2. The van der Waals surface area contributed by atoms with E-state index in [1.807, 2.05) is 38.2 Å². The highest BCUT2D eigenvalue weighted by Gasteiger charge is 2.19. The van der Waals surface area contributed by atoms with E-state index in [1.54, 1.807) is 12.1 Å². The molecule has 2 rings (SSSR count). The van der Waals surface area contributed by atoms with E-state index in [0.29, 0.717) is 15.1 Å². The van der Waals surface area contributed by atoms with Gasteiger partial charge in [-0.3, -0.25) is 0 Å². The summed E-state index contributed by atoms with van der Waals surface area (Å²) in [5.41, 5.74) is 2.66. The summed E-state index contributed by atoms with van der Waals surface area (Å²) in [6.45, 7) is 1.97. The van der Waals surface area contributed by atoms with Crippen LogP contribution >= 0.6 is 27.5 Å². The van der Waals surface area contributed by atoms with Crippen LogP contribution in [0.15, 0.2) is 40.9 Å². The maximum absolute atomic E-state index is 14.2. The summed E-state index contributed by atoms with van der Waals surface area (Å²) in [6, 6.07) is 10.8. The fourth-order valence-corrected chi connectivity index (χ4v) is 2.79. The predicted molar refractivity (Wildman–Crippen MR) is 81.2 cm³/mol. The minimum Gasteiger partial charge on any atom is -0.309 e. The van der Waals surface area contributed by atoms with Crippen LogP contribution in [0.2, 0.25) is 5.02 Å². The normalized spacial score (nSPS) is 12.5. The third-order valence-electron chi connectivity index (χ3n) is 3.12. The van der Waals surface area contributed by atoms with E-state index in [1.165, 1.54) is 0 Å². The Morgan fingerprint density at radius 1 is 1.21 bits per heavy atom. The zero-order valence-corrected chi connectivity index (χ0v) is 13.0. The zero-order valence-electron chi connectivity index (χ0n) is 10.7. The molecule has 0 heterocycles. The van der Waals surface area contributed by atoms with Crippen LogP contribution in [0.5, 0.6) is 0 Å². The number of aryl methyl sites for hydroxylation is 1. The molecule has 0 amide bonds. The molecule has 1 unspecified atom stereocenters. The molecule has 0 radical (unpaired) electrons. The third-order valence-corrected chi connectivity index (χ3v) is 3.97. The van der Waals surface area contributed by atoms with Crippen LogP contribution in [0.1, 0.15) is 22.7 Å². The minimum atomic E-state index is -0.240. The van der Waals surface area contributed by atoms with Crippen LogP contribution in [-0.4, -0.2) is 7.05 Å². The van der Waals surface area contributed by atoms with Gasteiger partial charge in [0.2, 0.25) is 0 Å². The Labute approximate surface area is 125 Å². The molecule has 0 saturated heterocycles. The van der Waals surface area contributed by atoms with Crippen LogP contribution in [0.3, 0.4) is 0 Å². The van der Waals surface area contributed by atoms with Crippen molar-refractivity contribution in [3.63, 3.8) is 0 Å². The van der Waals surface area contributed by atoms with Gasteiger partial charge in [-0.2, -0.15) is 0 Å². The summed E-state index contributed by atoms with van der Waals surface area (Å²) >= 11 is 9.19. The van der Waals surface area contributed by atoms with Gasteiger partial charge in [0.05, 0.1) is 10.5 Å². The van der Waals surface area contributed by atoms with Crippen molar-refractivity contribution >= 4 is 27.5 Å². The lowest BCUT2D eigenvalue weighted by atomic mass is 9.95. The summed E-state index contributed by atoms with van der Waals surface area (Å²) in [4.78, 5) is 0. The number of halogens is 3. The molecule has 0 fully saturated rings. The molecule has 1 N–H and O–H groups in total. The molecular formula is C15H14BrClFN. The van der Waals surface area contributed by atoms with Gasteiger partial charge in [-0.05, 0) is 59.2 Å². The molecule has 0 aromatic heterocycles. The highest BCUT2D eigenvalue weighted by atomic mass is 79.9. The molecule has 4 heteroatoms. The monoisotopic (exact) mass is 341 g/mol. The van der Waals surface area contributed by atoms with E-state index in [9.17, 15) is 4.39 Å². The van der Waals surface area contributed by atoms with Crippen LogP contribution in [0.4, 0.5) is 4.39 Å². The maximum Gasteiger partial charge on any atom is 0.142 e. The summed E-state index contributed by atoms with van der Waals surface area (Å²) in [6.07, 6.45) is 0. The molecule has 100 valence electrons. The lowest BCUT2D eigenvalue weighted by Gasteiger charge is -2.20. The lowest BCUT2D eigenvalue weighted by molar-refractivity contribution is 0.570. The molecule has 0 saturated carbocycles. The lowest BCUT2D eigenvalue weighted by Crippen LogP contribution is -2.20. The van der Waals surface area contributed by atoms with Crippen molar-refractivity contribution in [2.24, 2.45) is 0 Å². The second kappa shape index (κ2) is 6.04. The molecule has 2 aromatic rings. The fraction of sp³-hybridized carbons (Fsp3) is 0.200. The average Bonchev–Trinajstić information content (AvgIpc) is 2.37. The SMILES string of the molecule is CNC(c1ccc(Cl)cc1C)c1cccc(Br)c1F. The van der Waals surface area contributed by atoms with Crippen LogP contribution in [0, 0.1) is 12.7 Å². The van der Waals surface area contributed by atoms with Crippen molar-refractivity contribution in [1.29, 1.82) is 0 Å². The molecule has 0 bridgehead atoms. The van der Waals surface area contributed by atoms with Crippen molar-refractivity contribution in [2.75, 3.05) is 7.05 Å². The standard InChI is InChI=1S/C15H14BrClFN/c1-9-8-10(17)6-7-11(9)15(19-2)12-4-3-5-13(16)14(12)18/h3-8,15,19H,1-2H3. The highest BCUT2D eigenvalue weighted by Crippen LogP contribution is 2.30. The Bertz CT molecular complexity index is 601. The Hall–Kier alpha value is -0.900. The molecule has 0 aliphatic heterocycles. The number of benzene rings is 2. The zero-order chi connectivity index (χ0) is 14.0. The summed E-state index contributed by atoms with van der Waals surface area (Å²) < 4.78 is 14.7. The molecule has 2 aromatic carbocycles. The first-order valence-corrected chi connectivity index (χ1v) is 7.09. The van der Waals surface area contributed by atoms with Gasteiger partial charge >= 0.3 is 0 Å². The molecule has 19 heavy (non-hydrogen) atoms. The van der Waals surface area contributed by atoms with E-state index in [2.05, 4.69) is 21.2 Å². The first-order valence-electron chi connectivity index (χ1n) is 5.92. The van der Waals surface area contributed by atoms with Crippen molar-refractivity contribution in [3.8, 4) is 0 Å². The number of nitrogens with one attached hydrogen (secondary N) is 1. The summed E-state index contributed by atoms with van der Waals surface area (Å²) in [5.74, 6) is -0.240. The van der Waals surface area contributed by atoms with Crippen molar-refractivity contribution in [3.05, 3.63) is 68.4 Å².